The second-order valence-electron chi connectivity index (χ2n) is 7.74. The van der Waals surface area contributed by atoms with Crippen LogP contribution in [0.5, 0.6) is 5.75 Å². The molecule has 4 amide bonds. The maximum Gasteiger partial charge on any atom is 0.335 e. The van der Waals surface area contributed by atoms with Gasteiger partial charge in [-0.1, -0.05) is 57.9 Å². The number of halogens is 1. The Hall–Kier alpha value is -3.71. The van der Waals surface area contributed by atoms with E-state index in [1.54, 1.807) is 30.3 Å². The Morgan fingerprint density at radius 1 is 0.970 bits per heavy atom. The van der Waals surface area contributed by atoms with E-state index in [0.717, 1.165) is 26.1 Å². The fraction of sp³-hybridized carbons (Fsp3) is 0.115. The summed E-state index contributed by atoms with van der Waals surface area (Å²) in [5.41, 5.74) is 3.69. The fourth-order valence-electron chi connectivity index (χ4n) is 3.54. The maximum absolute atomic E-state index is 13.2. The normalized spacial score (nSPS) is 15.1. The highest BCUT2D eigenvalue weighted by atomic mass is 79.9. The zero-order valence-corrected chi connectivity index (χ0v) is 19.7. The molecule has 0 bridgehead atoms. The van der Waals surface area contributed by atoms with E-state index < -0.39 is 17.8 Å². The highest BCUT2D eigenvalue weighted by Crippen LogP contribution is 2.26. The second kappa shape index (κ2) is 9.42. The average molecular weight is 505 g/mol. The number of aryl methyl sites for hydroxylation is 2. The number of imide groups is 2. The van der Waals surface area contributed by atoms with Crippen LogP contribution in [0.2, 0.25) is 0 Å². The number of amides is 4. The predicted octanol–water partition coefficient (Wildman–Crippen LogP) is 5.31. The number of nitrogens with zero attached hydrogens (tertiary/aromatic N) is 1. The van der Waals surface area contributed by atoms with Crippen LogP contribution in [0.1, 0.15) is 22.3 Å². The standard InChI is InChI=1S/C26H21BrN2O4/c1-16-6-11-23(17(2)12-16)29-25(31)22(24(30)28-26(29)32)14-19-4-3-5-21(13-19)33-15-18-7-9-20(27)10-8-18/h3-14H,15H2,1-2H3,(H,28,30,32)/b22-14-. The van der Waals surface area contributed by atoms with Crippen molar-refractivity contribution in [1.29, 1.82) is 0 Å². The van der Waals surface area contributed by atoms with Gasteiger partial charge in [-0.15, -0.1) is 0 Å². The summed E-state index contributed by atoms with van der Waals surface area (Å²) in [5.74, 6) is -0.803. The average Bonchev–Trinajstić information content (AvgIpc) is 2.78. The zero-order valence-electron chi connectivity index (χ0n) is 18.1. The van der Waals surface area contributed by atoms with Gasteiger partial charge in [0.1, 0.15) is 17.9 Å². The molecular formula is C26H21BrN2O4. The van der Waals surface area contributed by atoms with Crippen LogP contribution in [-0.2, 0) is 16.2 Å². The Balaban J connectivity index is 1.58. The van der Waals surface area contributed by atoms with Gasteiger partial charge in [0.2, 0.25) is 0 Å². The number of carbonyl (C=O) groups is 3. The molecule has 0 aliphatic carbocycles. The summed E-state index contributed by atoms with van der Waals surface area (Å²) < 4.78 is 6.84. The Morgan fingerprint density at radius 2 is 1.73 bits per heavy atom. The minimum Gasteiger partial charge on any atom is -0.489 e. The van der Waals surface area contributed by atoms with E-state index in [-0.39, 0.29) is 5.57 Å². The first kappa shape index (κ1) is 22.5. The van der Waals surface area contributed by atoms with Crippen LogP contribution in [0.3, 0.4) is 0 Å². The largest absolute Gasteiger partial charge is 0.489 e. The van der Waals surface area contributed by atoms with Crippen molar-refractivity contribution in [2.45, 2.75) is 20.5 Å². The molecule has 0 saturated carbocycles. The maximum atomic E-state index is 13.2. The molecule has 0 aromatic heterocycles. The molecule has 0 spiro atoms. The van der Waals surface area contributed by atoms with E-state index in [1.165, 1.54) is 6.08 Å². The smallest absolute Gasteiger partial charge is 0.335 e. The van der Waals surface area contributed by atoms with Gasteiger partial charge in [-0.3, -0.25) is 14.9 Å². The predicted molar refractivity (Wildman–Crippen MR) is 130 cm³/mol. The van der Waals surface area contributed by atoms with Crippen molar-refractivity contribution >= 4 is 45.5 Å². The molecule has 0 radical (unpaired) electrons. The zero-order chi connectivity index (χ0) is 23.5. The number of rotatable bonds is 5. The van der Waals surface area contributed by atoms with Crippen molar-refractivity contribution in [1.82, 2.24) is 5.32 Å². The van der Waals surface area contributed by atoms with Crippen LogP contribution in [0.4, 0.5) is 10.5 Å². The summed E-state index contributed by atoms with van der Waals surface area (Å²) in [5, 5.41) is 2.26. The van der Waals surface area contributed by atoms with Gasteiger partial charge in [0.05, 0.1) is 5.69 Å². The van der Waals surface area contributed by atoms with E-state index in [4.69, 9.17) is 4.74 Å². The molecule has 1 saturated heterocycles. The van der Waals surface area contributed by atoms with Crippen molar-refractivity contribution in [3.8, 4) is 5.75 Å². The first-order valence-corrected chi connectivity index (χ1v) is 11.1. The number of urea groups is 1. The molecule has 1 fully saturated rings. The summed E-state index contributed by atoms with van der Waals surface area (Å²) in [7, 11) is 0. The van der Waals surface area contributed by atoms with Crippen molar-refractivity contribution in [2.75, 3.05) is 4.90 Å². The lowest BCUT2D eigenvalue weighted by molar-refractivity contribution is -0.122. The highest BCUT2D eigenvalue weighted by Gasteiger charge is 2.37. The monoisotopic (exact) mass is 504 g/mol. The summed E-state index contributed by atoms with van der Waals surface area (Å²) in [4.78, 5) is 39.1. The van der Waals surface area contributed by atoms with Gasteiger partial charge in [0, 0.05) is 4.47 Å². The molecule has 6 nitrogen and oxygen atoms in total. The quantitative estimate of drug-likeness (QED) is 0.377. The van der Waals surface area contributed by atoms with E-state index in [1.807, 2.05) is 50.2 Å². The number of barbiturate groups is 1. The Morgan fingerprint density at radius 3 is 2.45 bits per heavy atom. The number of ether oxygens (including phenoxy) is 1. The van der Waals surface area contributed by atoms with Gasteiger partial charge in [0.15, 0.2) is 0 Å². The molecule has 4 rings (SSSR count). The van der Waals surface area contributed by atoms with Crippen LogP contribution in [0, 0.1) is 13.8 Å². The first-order valence-electron chi connectivity index (χ1n) is 10.3. The molecule has 1 N–H and O–H groups in total. The molecular weight excluding hydrogens is 484 g/mol. The molecule has 0 unspecified atom stereocenters. The lowest BCUT2D eigenvalue weighted by Crippen LogP contribution is -2.54. The van der Waals surface area contributed by atoms with Crippen molar-refractivity contribution in [3.63, 3.8) is 0 Å². The Kier molecular flexibility index (Phi) is 6.42. The van der Waals surface area contributed by atoms with E-state index in [0.29, 0.717) is 23.6 Å². The fourth-order valence-corrected chi connectivity index (χ4v) is 3.80. The molecule has 1 aliphatic heterocycles. The summed E-state index contributed by atoms with van der Waals surface area (Å²) >= 11 is 3.41. The van der Waals surface area contributed by atoms with Gasteiger partial charge < -0.3 is 4.74 Å². The van der Waals surface area contributed by atoms with Crippen LogP contribution in [-0.4, -0.2) is 17.8 Å². The molecule has 33 heavy (non-hydrogen) atoms. The topological polar surface area (TPSA) is 75.7 Å². The van der Waals surface area contributed by atoms with E-state index in [9.17, 15) is 14.4 Å². The number of carbonyl (C=O) groups excluding carboxylic acids is 3. The molecule has 3 aromatic rings. The van der Waals surface area contributed by atoms with E-state index in [2.05, 4.69) is 21.2 Å². The van der Waals surface area contributed by atoms with Crippen molar-refractivity contribution in [3.05, 3.63) is 99.0 Å². The third-order valence-corrected chi connectivity index (χ3v) is 5.71. The molecule has 7 heteroatoms. The second-order valence-corrected chi connectivity index (χ2v) is 8.65. The number of hydrogen-bond acceptors (Lipinski definition) is 4. The van der Waals surface area contributed by atoms with Gasteiger partial charge >= 0.3 is 6.03 Å². The molecule has 1 aliphatic rings. The minimum absolute atomic E-state index is 0.125. The third-order valence-electron chi connectivity index (χ3n) is 5.18. The Bertz CT molecular complexity index is 1280. The third kappa shape index (κ3) is 5.04. The Labute approximate surface area is 200 Å². The van der Waals surface area contributed by atoms with Crippen molar-refractivity contribution < 1.29 is 19.1 Å². The van der Waals surface area contributed by atoms with Gasteiger partial charge in [0.25, 0.3) is 11.8 Å². The molecule has 166 valence electrons. The summed E-state index contributed by atoms with van der Waals surface area (Å²) in [6.07, 6.45) is 1.47. The lowest BCUT2D eigenvalue weighted by Gasteiger charge is -2.27. The highest BCUT2D eigenvalue weighted by molar-refractivity contribution is 9.10. The van der Waals surface area contributed by atoms with Crippen LogP contribution in [0.15, 0.2) is 76.8 Å². The van der Waals surface area contributed by atoms with Gasteiger partial charge in [-0.2, -0.15) is 0 Å². The summed E-state index contributed by atoms with van der Waals surface area (Å²) in [6.45, 7) is 4.12. The number of hydrogen-bond donors (Lipinski definition) is 1. The minimum atomic E-state index is -0.763. The first-order chi connectivity index (χ1) is 15.8. The molecule has 1 heterocycles. The number of nitrogens with one attached hydrogen (secondary N) is 1. The molecule has 0 atom stereocenters. The van der Waals surface area contributed by atoms with Gasteiger partial charge in [-0.05, 0) is 66.9 Å². The number of benzene rings is 3. The van der Waals surface area contributed by atoms with Crippen LogP contribution < -0.4 is 15.0 Å². The van der Waals surface area contributed by atoms with E-state index >= 15 is 0 Å². The lowest BCUT2D eigenvalue weighted by atomic mass is 10.0. The number of anilines is 1. The SMILES string of the molecule is Cc1ccc(N2C(=O)NC(=O)/C(=C/c3cccc(OCc4ccc(Br)cc4)c3)C2=O)c(C)c1. The van der Waals surface area contributed by atoms with Crippen molar-refractivity contribution in [2.24, 2.45) is 0 Å². The molecule has 3 aromatic carbocycles. The van der Waals surface area contributed by atoms with Crippen LogP contribution in [0.25, 0.3) is 6.08 Å². The van der Waals surface area contributed by atoms with Gasteiger partial charge in [-0.25, -0.2) is 9.69 Å². The summed E-state index contributed by atoms with van der Waals surface area (Å²) in [6, 6.07) is 19.5. The van der Waals surface area contributed by atoms with Crippen LogP contribution >= 0.6 is 15.9 Å².